The van der Waals surface area contributed by atoms with Gasteiger partial charge in [0.05, 0.1) is 11.6 Å². The molecule has 98 valence electrons. The third-order valence-corrected chi connectivity index (χ3v) is 3.03. The number of nitrogens with one attached hydrogen (secondary N) is 1. The largest absolute Gasteiger partial charge is 0.464 e. The third-order valence-electron chi connectivity index (χ3n) is 2.81. The number of hydrogen-bond acceptors (Lipinski definition) is 5. The molecule has 1 N–H and O–H groups in total. The summed E-state index contributed by atoms with van der Waals surface area (Å²) in [7, 11) is 0. The lowest BCUT2D eigenvalue weighted by Crippen LogP contribution is -2.55. The molecule has 1 aromatic rings. The molecule has 1 saturated heterocycles. The lowest BCUT2D eigenvalue weighted by molar-refractivity contribution is -0.144. The summed E-state index contributed by atoms with van der Waals surface area (Å²) in [5, 5.41) is 3.77. The van der Waals surface area contributed by atoms with Gasteiger partial charge in [0.2, 0.25) is 0 Å². The molecule has 1 aromatic heterocycles. The zero-order valence-corrected chi connectivity index (χ0v) is 11.0. The number of halogens is 1. The van der Waals surface area contributed by atoms with E-state index >= 15 is 0 Å². The minimum Gasteiger partial charge on any atom is -0.464 e. The van der Waals surface area contributed by atoms with Crippen LogP contribution in [0.4, 0.5) is 5.82 Å². The molecule has 2 rings (SSSR count). The summed E-state index contributed by atoms with van der Waals surface area (Å²) in [6.45, 7) is 4.30. The minimum atomic E-state index is -0.327. The van der Waals surface area contributed by atoms with Crippen LogP contribution in [0.5, 0.6) is 0 Å². The molecule has 1 fully saturated rings. The van der Waals surface area contributed by atoms with Gasteiger partial charge in [-0.25, -0.2) is 9.78 Å². The van der Waals surface area contributed by atoms with E-state index in [1.54, 1.807) is 19.2 Å². The zero-order valence-electron chi connectivity index (χ0n) is 10.2. The van der Waals surface area contributed by atoms with E-state index in [0.29, 0.717) is 18.2 Å². The van der Waals surface area contributed by atoms with Gasteiger partial charge in [0, 0.05) is 25.8 Å². The Kier molecular flexibility index (Phi) is 4.38. The maximum absolute atomic E-state index is 11.9. The Morgan fingerprint density at radius 3 is 3.17 bits per heavy atom. The van der Waals surface area contributed by atoms with E-state index < -0.39 is 0 Å². The molecule has 5 nitrogen and oxygen atoms in total. The van der Waals surface area contributed by atoms with Gasteiger partial charge >= 0.3 is 5.97 Å². The first-order valence-electron chi connectivity index (χ1n) is 5.98. The molecular formula is C12H16ClN3O2. The van der Waals surface area contributed by atoms with Crippen molar-refractivity contribution < 1.29 is 9.53 Å². The molecule has 0 aromatic carbocycles. The molecular weight excluding hydrogens is 254 g/mol. The van der Waals surface area contributed by atoms with Crippen LogP contribution in [0.3, 0.4) is 0 Å². The number of pyridine rings is 1. The maximum atomic E-state index is 11.9. The van der Waals surface area contributed by atoms with Gasteiger partial charge in [0.25, 0.3) is 0 Å². The van der Waals surface area contributed by atoms with Crippen molar-refractivity contribution in [1.82, 2.24) is 10.3 Å². The third kappa shape index (κ3) is 2.91. The van der Waals surface area contributed by atoms with Crippen molar-refractivity contribution in [2.45, 2.75) is 13.0 Å². The van der Waals surface area contributed by atoms with Gasteiger partial charge in [-0.3, -0.25) is 0 Å². The van der Waals surface area contributed by atoms with Crippen LogP contribution >= 0.6 is 11.6 Å². The van der Waals surface area contributed by atoms with E-state index in [1.807, 2.05) is 11.0 Å². The van der Waals surface area contributed by atoms with E-state index in [4.69, 9.17) is 16.3 Å². The number of carbonyl (C=O) groups is 1. The second-order valence-electron chi connectivity index (χ2n) is 4.00. The van der Waals surface area contributed by atoms with Crippen molar-refractivity contribution in [2.24, 2.45) is 0 Å². The van der Waals surface area contributed by atoms with E-state index in [2.05, 4.69) is 10.3 Å². The van der Waals surface area contributed by atoms with Crippen molar-refractivity contribution >= 4 is 23.4 Å². The maximum Gasteiger partial charge on any atom is 0.330 e. The van der Waals surface area contributed by atoms with Crippen LogP contribution in [0.1, 0.15) is 6.92 Å². The van der Waals surface area contributed by atoms with Crippen molar-refractivity contribution in [3.05, 3.63) is 23.4 Å². The number of esters is 1. The second kappa shape index (κ2) is 6.02. The Labute approximate surface area is 111 Å². The van der Waals surface area contributed by atoms with Crippen LogP contribution in [-0.4, -0.2) is 43.2 Å². The average Bonchev–Trinajstić information content (AvgIpc) is 2.40. The van der Waals surface area contributed by atoms with Gasteiger partial charge in [-0.1, -0.05) is 11.6 Å². The molecule has 18 heavy (non-hydrogen) atoms. The summed E-state index contributed by atoms with van der Waals surface area (Å²) in [5.41, 5.74) is 0. The molecule has 0 bridgehead atoms. The highest BCUT2D eigenvalue weighted by Crippen LogP contribution is 2.18. The highest BCUT2D eigenvalue weighted by molar-refractivity contribution is 6.30. The summed E-state index contributed by atoms with van der Waals surface area (Å²) in [4.78, 5) is 18.1. The van der Waals surface area contributed by atoms with E-state index in [1.165, 1.54) is 0 Å². The first kappa shape index (κ1) is 13.1. The summed E-state index contributed by atoms with van der Waals surface area (Å²) in [6.07, 6.45) is 1.58. The summed E-state index contributed by atoms with van der Waals surface area (Å²) < 4.78 is 5.08. The number of piperazine rings is 1. The Hall–Kier alpha value is -1.33. The molecule has 1 unspecified atom stereocenters. The van der Waals surface area contributed by atoms with Crippen molar-refractivity contribution in [3.8, 4) is 0 Å². The van der Waals surface area contributed by atoms with Crippen molar-refractivity contribution in [1.29, 1.82) is 0 Å². The molecule has 1 aliphatic heterocycles. The first-order valence-corrected chi connectivity index (χ1v) is 6.35. The lowest BCUT2D eigenvalue weighted by atomic mass is 10.2. The molecule has 6 heteroatoms. The fourth-order valence-electron chi connectivity index (χ4n) is 1.97. The normalized spacial score (nSPS) is 19.7. The van der Waals surface area contributed by atoms with Gasteiger partial charge in [-0.2, -0.15) is 0 Å². The van der Waals surface area contributed by atoms with Crippen LogP contribution in [0.2, 0.25) is 5.02 Å². The number of aromatic nitrogens is 1. The molecule has 1 atom stereocenters. The lowest BCUT2D eigenvalue weighted by Gasteiger charge is -2.35. The van der Waals surface area contributed by atoms with Crippen LogP contribution in [0, 0.1) is 0 Å². The average molecular weight is 270 g/mol. The van der Waals surface area contributed by atoms with E-state index in [-0.39, 0.29) is 12.0 Å². The highest BCUT2D eigenvalue weighted by Gasteiger charge is 2.30. The quantitative estimate of drug-likeness (QED) is 0.832. The SMILES string of the molecule is CCOC(=O)C1CNCCN1c1ccc(Cl)cn1. The van der Waals surface area contributed by atoms with E-state index in [9.17, 15) is 4.79 Å². The topological polar surface area (TPSA) is 54.5 Å². The summed E-state index contributed by atoms with van der Waals surface area (Å²) >= 11 is 5.81. The predicted octanol–water partition coefficient (Wildman–Crippen LogP) is 1.08. The van der Waals surface area contributed by atoms with Gasteiger partial charge in [-0.15, -0.1) is 0 Å². The summed E-state index contributed by atoms with van der Waals surface area (Å²) in [5.74, 6) is 0.528. The Balaban J connectivity index is 2.17. The number of rotatable bonds is 3. The van der Waals surface area contributed by atoms with Crippen LogP contribution in [0.15, 0.2) is 18.3 Å². The molecule has 0 spiro atoms. The van der Waals surface area contributed by atoms with Crippen molar-refractivity contribution in [2.75, 3.05) is 31.1 Å². The smallest absolute Gasteiger partial charge is 0.330 e. The van der Waals surface area contributed by atoms with Crippen LogP contribution in [0.25, 0.3) is 0 Å². The number of anilines is 1. The number of ether oxygens (including phenoxy) is 1. The van der Waals surface area contributed by atoms with Gasteiger partial charge in [0.1, 0.15) is 11.9 Å². The Morgan fingerprint density at radius 1 is 1.67 bits per heavy atom. The standard InChI is InChI=1S/C12H16ClN3O2/c1-2-18-12(17)10-8-14-5-6-16(10)11-4-3-9(13)7-15-11/h3-4,7,10,14H,2,5-6,8H2,1H3. The molecule has 0 saturated carbocycles. The van der Waals surface area contributed by atoms with Gasteiger partial charge in [-0.05, 0) is 19.1 Å². The second-order valence-corrected chi connectivity index (χ2v) is 4.44. The first-order chi connectivity index (χ1) is 8.72. The Morgan fingerprint density at radius 2 is 2.50 bits per heavy atom. The highest BCUT2D eigenvalue weighted by atomic mass is 35.5. The minimum absolute atomic E-state index is 0.221. The number of carbonyl (C=O) groups excluding carboxylic acids is 1. The predicted molar refractivity (Wildman–Crippen MR) is 69.9 cm³/mol. The number of nitrogens with zero attached hydrogens (tertiary/aromatic N) is 2. The molecule has 1 aliphatic rings. The Bertz CT molecular complexity index is 410. The molecule has 2 heterocycles. The van der Waals surface area contributed by atoms with Gasteiger partial charge in [0.15, 0.2) is 0 Å². The monoisotopic (exact) mass is 269 g/mol. The van der Waals surface area contributed by atoms with Gasteiger partial charge < -0.3 is 15.0 Å². The fourth-order valence-corrected chi connectivity index (χ4v) is 2.08. The zero-order chi connectivity index (χ0) is 13.0. The van der Waals surface area contributed by atoms with Crippen LogP contribution in [-0.2, 0) is 9.53 Å². The fraction of sp³-hybridized carbons (Fsp3) is 0.500. The summed E-state index contributed by atoms with van der Waals surface area (Å²) in [6, 6.07) is 3.26. The van der Waals surface area contributed by atoms with Crippen molar-refractivity contribution in [3.63, 3.8) is 0 Å². The van der Waals surface area contributed by atoms with E-state index in [0.717, 1.165) is 18.9 Å². The molecule has 0 radical (unpaired) electrons. The molecule has 0 amide bonds. The number of hydrogen-bond donors (Lipinski definition) is 1. The molecule has 0 aliphatic carbocycles. The van der Waals surface area contributed by atoms with Crippen LogP contribution < -0.4 is 10.2 Å².